The zero-order valence-corrected chi connectivity index (χ0v) is 22.6. The van der Waals surface area contributed by atoms with Gasteiger partial charge >= 0.3 is 6.09 Å². The molecule has 1 aliphatic heterocycles. The highest BCUT2D eigenvalue weighted by atomic mass is 16.6. The van der Waals surface area contributed by atoms with Crippen LogP contribution in [-0.4, -0.2) is 69.2 Å². The van der Waals surface area contributed by atoms with Crippen LogP contribution in [0.4, 0.5) is 4.79 Å². The predicted octanol–water partition coefficient (Wildman–Crippen LogP) is 3.62. The molecule has 4 rings (SSSR count). The molecule has 0 spiro atoms. The molecule has 10 heteroatoms. The van der Waals surface area contributed by atoms with Crippen LogP contribution in [0.15, 0.2) is 54.6 Å². The lowest BCUT2D eigenvalue weighted by Crippen LogP contribution is -2.61. The number of pyridine rings is 1. The summed E-state index contributed by atoms with van der Waals surface area (Å²) < 4.78 is 11.4. The summed E-state index contributed by atoms with van der Waals surface area (Å²) in [5, 5.41) is 10.3. The van der Waals surface area contributed by atoms with Gasteiger partial charge < -0.3 is 19.3 Å². The highest BCUT2D eigenvalue weighted by molar-refractivity contribution is 5.89. The number of hydrogen-bond acceptors (Lipinski definition) is 7. The Morgan fingerprint density at radius 1 is 1.08 bits per heavy atom. The maximum absolute atomic E-state index is 13.1. The number of para-hydroxylation sites is 1. The van der Waals surface area contributed by atoms with Crippen molar-refractivity contribution in [3.63, 3.8) is 0 Å². The number of rotatable bonds is 6. The molecule has 0 saturated carbocycles. The van der Waals surface area contributed by atoms with E-state index < -0.39 is 23.6 Å². The SMILES string of the molecule is Cc1cc(COc2ccc(CC(=O)N3CCN(C(=O)OC(C)(C)C)CC3C(=O)NO)cc2)c2ccccc2n1. The number of amides is 3. The van der Waals surface area contributed by atoms with Crippen molar-refractivity contribution in [3.05, 3.63) is 71.4 Å². The molecule has 1 atom stereocenters. The van der Waals surface area contributed by atoms with Crippen molar-refractivity contribution in [2.45, 2.75) is 52.4 Å². The van der Waals surface area contributed by atoms with Crippen LogP contribution < -0.4 is 10.2 Å². The molecule has 3 amide bonds. The molecule has 2 heterocycles. The van der Waals surface area contributed by atoms with Gasteiger partial charge in [-0.3, -0.25) is 19.8 Å². The number of carbonyl (C=O) groups excluding carboxylic acids is 3. The van der Waals surface area contributed by atoms with Gasteiger partial charge in [0.1, 0.15) is 24.0 Å². The van der Waals surface area contributed by atoms with Gasteiger partial charge in [-0.15, -0.1) is 0 Å². The molecular weight excluding hydrogens is 500 g/mol. The Kier molecular flexibility index (Phi) is 8.35. The van der Waals surface area contributed by atoms with Gasteiger partial charge in [-0.25, -0.2) is 10.3 Å². The molecule has 39 heavy (non-hydrogen) atoms. The molecule has 1 aromatic heterocycles. The van der Waals surface area contributed by atoms with E-state index in [-0.39, 0.29) is 32.0 Å². The Hall–Kier alpha value is -4.18. The first-order valence-electron chi connectivity index (χ1n) is 12.8. The van der Waals surface area contributed by atoms with Crippen LogP contribution in [0.3, 0.4) is 0 Å². The highest BCUT2D eigenvalue weighted by Gasteiger charge is 2.38. The van der Waals surface area contributed by atoms with Crippen molar-refractivity contribution >= 4 is 28.8 Å². The third-order valence-electron chi connectivity index (χ3n) is 6.37. The highest BCUT2D eigenvalue weighted by Crippen LogP contribution is 2.22. The molecule has 3 aromatic rings. The number of carbonyl (C=O) groups is 3. The minimum atomic E-state index is -1.04. The van der Waals surface area contributed by atoms with Crippen LogP contribution in [0, 0.1) is 6.92 Å². The normalized spacial score (nSPS) is 15.7. The summed E-state index contributed by atoms with van der Waals surface area (Å²) >= 11 is 0. The van der Waals surface area contributed by atoms with Gasteiger partial charge in [-0.1, -0.05) is 30.3 Å². The maximum atomic E-state index is 13.1. The summed E-state index contributed by atoms with van der Waals surface area (Å²) in [6.45, 7) is 7.85. The van der Waals surface area contributed by atoms with E-state index in [4.69, 9.17) is 9.47 Å². The van der Waals surface area contributed by atoms with E-state index in [0.717, 1.165) is 27.7 Å². The first kappa shape index (κ1) is 27.8. The summed E-state index contributed by atoms with van der Waals surface area (Å²) in [5.74, 6) is -0.396. The average Bonchev–Trinajstić information content (AvgIpc) is 2.90. The Morgan fingerprint density at radius 2 is 1.79 bits per heavy atom. The van der Waals surface area contributed by atoms with Crippen molar-refractivity contribution in [2.75, 3.05) is 19.6 Å². The molecule has 0 radical (unpaired) electrons. The lowest BCUT2D eigenvalue weighted by atomic mass is 10.1. The molecular formula is C29H34N4O6. The quantitative estimate of drug-likeness (QED) is 0.366. The molecule has 1 unspecified atom stereocenters. The summed E-state index contributed by atoms with van der Waals surface area (Å²) in [4.78, 5) is 45.3. The molecule has 0 aliphatic carbocycles. The lowest BCUT2D eigenvalue weighted by molar-refractivity contribution is -0.147. The van der Waals surface area contributed by atoms with Gasteiger partial charge in [0.25, 0.3) is 5.91 Å². The summed E-state index contributed by atoms with van der Waals surface area (Å²) in [7, 11) is 0. The number of benzene rings is 2. The molecule has 206 valence electrons. The number of piperazine rings is 1. The van der Waals surface area contributed by atoms with Crippen LogP contribution >= 0.6 is 0 Å². The van der Waals surface area contributed by atoms with E-state index in [9.17, 15) is 19.6 Å². The molecule has 2 N–H and O–H groups in total. The maximum Gasteiger partial charge on any atom is 0.410 e. The first-order chi connectivity index (χ1) is 18.5. The number of hydrogen-bond donors (Lipinski definition) is 2. The van der Waals surface area contributed by atoms with Gasteiger partial charge in [0.05, 0.1) is 18.5 Å². The molecule has 0 bridgehead atoms. The van der Waals surface area contributed by atoms with E-state index in [1.54, 1.807) is 50.5 Å². The average molecular weight is 535 g/mol. The number of fused-ring (bicyclic) bond motifs is 1. The van der Waals surface area contributed by atoms with Crippen molar-refractivity contribution < 1.29 is 29.1 Å². The van der Waals surface area contributed by atoms with Gasteiger partial charge in [0, 0.05) is 29.7 Å². The van der Waals surface area contributed by atoms with E-state index in [1.807, 2.05) is 37.3 Å². The monoisotopic (exact) mass is 534 g/mol. The Labute approximate surface area is 227 Å². The number of aryl methyl sites for hydroxylation is 1. The lowest BCUT2D eigenvalue weighted by Gasteiger charge is -2.40. The number of ether oxygens (including phenoxy) is 2. The molecule has 10 nitrogen and oxygen atoms in total. The largest absolute Gasteiger partial charge is 0.489 e. The summed E-state index contributed by atoms with van der Waals surface area (Å²) in [5.41, 5.74) is 4.54. The number of nitrogens with zero attached hydrogens (tertiary/aromatic N) is 3. The van der Waals surface area contributed by atoms with E-state index >= 15 is 0 Å². The first-order valence-corrected chi connectivity index (χ1v) is 12.8. The zero-order chi connectivity index (χ0) is 28.2. The van der Waals surface area contributed by atoms with Crippen molar-refractivity contribution in [1.29, 1.82) is 0 Å². The topological polar surface area (TPSA) is 121 Å². The third kappa shape index (κ3) is 7.02. The fourth-order valence-corrected chi connectivity index (χ4v) is 4.53. The fraction of sp³-hybridized carbons (Fsp3) is 0.379. The van der Waals surface area contributed by atoms with E-state index in [1.165, 1.54) is 9.80 Å². The number of nitrogens with one attached hydrogen (secondary N) is 1. The Morgan fingerprint density at radius 3 is 2.49 bits per heavy atom. The van der Waals surface area contributed by atoms with Crippen molar-refractivity contribution in [1.82, 2.24) is 20.3 Å². The van der Waals surface area contributed by atoms with Crippen LogP contribution in [0.2, 0.25) is 0 Å². The van der Waals surface area contributed by atoms with Crippen molar-refractivity contribution in [2.24, 2.45) is 0 Å². The second-order valence-corrected chi connectivity index (χ2v) is 10.6. The minimum absolute atomic E-state index is 0.0517. The minimum Gasteiger partial charge on any atom is -0.489 e. The van der Waals surface area contributed by atoms with E-state index in [2.05, 4.69) is 4.98 Å². The number of aromatic nitrogens is 1. The van der Waals surface area contributed by atoms with Gasteiger partial charge in [-0.05, 0) is 57.5 Å². The van der Waals surface area contributed by atoms with Gasteiger partial charge in [-0.2, -0.15) is 0 Å². The van der Waals surface area contributed by atoms with Gasteiger partial charge in [0.15, 0.2) is 0 Å². The Balaban J connectivity index is 1.38. The molecule has 2 aromatic carbocycles. The second kappa shape index (κ2) is 11.7. The molecule has 1 saturated heterocycles. The van der Waals surface area contributed by atoms with Crippen LogP contribution in [0.1, 0.15) is 37.6 Å². The standard InChI is InChI=1S/C29H34N4O6/c1-19-15-21(23-7-5-6-8-24(23)30-19)18-38-22-11-9-20(10-12-22)16-26(34)33-14-13-32(17-25(33)27(35)31-37)28(36)39-29(2,3)4/h5-12,15,25,37H,13-14,16-18H2,1-4H3,(H,31,35). The van der Waals surface area contributed by atoms with Crippen LogP contribution in [0.5, 0.6) is 5.75 Å². The fourth-order valence-electron chi connectivity index (χ4n) is 4.53. The number of hydroxylamine groups is 1. The van der Waals surface area contributed by atoms with Crippen molar-refractivity contribution in [3.8, 4) is 5.75 Å². The molecule has 1 aliphatic rings. The van der Waals surface area contributed by atoms with Gasteiger partial charge in [0.2, 0.25) is 5.91 Å². The third-order valence-corrected chi connectivity index (χ3v) is 6.37. The second-order valence-electron chi connectivity index (χ2n) is 10.6. The smallest absolute Gasteiger partial charge is 0.410 e. The Bertz CT molecular complexity index is 1350. The summed E-state index contributed by atoms with van der Waals surface area (Å²) in [6, 6.07) is 16.1. The summed E-state index contributed by atoms with van der Waals surface area (Å²) in [6.07, 6.45) is -0.522. The van der Waals surface area contributed by atoms with Crippen LogP contribution in [0.25, 0.3) is 10.9 Å². The van der Waals surface area contributed by atoms with E-state index in [0.29, 0.717) is 12.4 Å². The zero-order valence-electron chi connectivity index (χ0n) is 22.6. The predicted molar refractivity (Wildman–Crippen MR) is 144 cm³/mol. The molecule has 1 fully saturated rings. The van der Waals surface area contributed by atoms with Crippen LogP contribution in [-0.2, 0) is 27.4 Å².